The van der Waals surface area contributed by atoms with Crippen LogP contribution >= 0.6 is 0 Å². The Hall–Kier alpha value is -7.26. The molecule has 0 spiro atoms. The molecule has 0 atom stereocenters. The summed E-state index contributed by atoms with van der Waals surface area (Å²) in [5, 5.41) is 19.6. The Labute approximate surface area is 304 Å². The molecule has 0 fully saturated rings. The quantitative estimate of drug-likeness (QED) is 0.171. The zero-order valence-electron chi connectivity index (χ0n) is 28.4. The average molecular weight is 661 g/mol. The predicted molar refractivity (Wildman–Crippen MR) is 214 cm³/mol. The van der Waals surface area contributed by atoms with Crippen LogP contribution in [0.2, 0.25) is 0 Å². The molecule has 0 unspecified atom stereocenters. The van der Waals surface area contributed by atoms with Crippen molar-refractivity contribution in [3.63, 3.8) is 0 Å². The molecule has 8 rings (SSSR count). The van der Waals surface area contributed by atoms with Crippen LogP contribution in [0, 0.1) is 22.7 Å². The first-order valence-corrected chi connectivity index (χ1v) is 17.3. The van der Waals surface area contributed by atoms with Gasteiger partial charge in [0.2, 0.25) is 0 Å². The minimum atomic E-state index is 0.648. The van der Waals surface area contributed by atoms with Crippen molar-refractivity contribution in [1.82, 2.24) is 0 Å². The van der Waals surface area contributed by atoms with Crippen LogP contribution in [0.3, 0.4) is 0 Å². The fourth-order valence-electron chi connectivity index (χ4n) is 6.81. The van der Waals surface area contributed by atoms with E-state index in [1.807, 2.05) is 72.8 Å². The molecule has 0 aliphatic rings. The number of rotatable bonds is 7. The van der Waals surface area contributed by atoms with Crippen LogP contribution < -0.4 is 0 Å². The van der Waals surface area contributed by atoms with E-state index in [1.54, 1.807) is 0 Å². The van der Waals surface area contributed by atoms with Gasteiger partial charge in [0.1, 0.15) is 0 Å². The van der Waals surface area contributed by atoms with Crippen LogP contribution in [0.5, 0.6) is 0 Å². The lowest BCUT2D eigenvalue weighted by Crippen LogP contribution is -1.87. The van der Waals surface area contributed by atoms with Gasteiger partial charge in [-0.05, 0) is 114 Å². The second kappa shape index (κ2) is 14.3. The Kier molecular flexibility index (Phi) is 8.80. The van der Waals surface area contributed by atoms with Crippen LogP contribution in [0.25, 0.3) is 77.9 Å². The molecule has 2 nitrogen and oxygen atoms in total. The van der Waals surface area contributed by atoms with E-state index >= 15 is 0 Å². The summed E-state index contributed by atoms with van der Waals surface area (Å²) in [6.45, 7) is 0. The van der Waals surface area contributed by atoms with Crippen molar-refractivity contribution >= 4 is 0 Å². The molecule has 2 heteroatoms. The van der Waals surface area contributed by atoms with E-state index in [9.17, 15) is 10.5 Å². The van der Waals surface area contributed by atoms with Gasteiger partial charge in [-0.25, -0.2) is 0 Å². The highest BCUT2D eigenvalue weighted by Crippen LogP contribution is 2.34. The molecule has 0 saturated carbocycles. The average Bonchev–Trinajstić information content (AvgIpc) is 3.24. The van der Waals surface area contributed by atoms with Crippen molar-refractivity contribution in [2.24, 2.45) is 0 Å². The standard InChI is InChI=1S/C50H32N2/c51-33-35-27-47(36-9-3-1-4-10-36)32-48(28-35)40-23-21-38(22-24-40)43-14-8-16-45(30-43)44-15-7-13-42(29-44)37-17-19-39(20-18-37)46-25-26-50(49(31-46)34-52)41-11-5-2-6-12-41/h1-32H. The van der Waals surface area contributed by atoms with Gasteiger partial charge in [-0.1, -0.05) is 158 Å². The highest BCUT2D eigenvalue weighted by molar-refractivity contribution is 5.81. The fourth-order valence-corrected chi connectivity index (χ4v) is 6.81. The Morgan fingerprint density at radius 3 is 1.06 bits per heavy atom. The predicted octanol–water partition coefficient (Wildman–Crippen LogP) is 13.1. The first-order valence-electron chi connectivity index (χ1n) is 17.3. The van der Waals surface area contributed by atoms with E-state index < -0.39 is 0 Å². The number of nitriles is 2. The van der Waals surface area contributed by atoms with Crippen molar-refractivity contribution in [1.29, 1.82) is 10.5 Å². The normalized spacial score (nSPS) is 10.7. The molecular formula is C50H32N2. The maximum Gasteiger partial charge on any atom is 0.0998 e. The zero-order chi connectivity index (χ0) is 35.3. The van der Waals surface area contributed by atoms with Crippen LogP contribution in [0.1, 0.15) is 11.1 Å². The summed E-state index contributed by atoms with van der Waals surface area (Å²) in [5.74, 6) is 0. The second-order valence-electron chi connectivity index (χ2n) is 12.8. The largest absolute Gasteiger partial charge is 0.192 e. The van der Waals surface area contributed by atoms with Gasteiger partial charge in [0, 0.05) is 0 Å². The third-order valence-electron chi connectivity index (χ3n) is 9.56. The van der Waals surface area contributed by atoms with Gasteiger partial charge in [-0.15, -0.1) is 0 Å². The lowest BCUT2D eigenvalue weighted by atomic mass is 9.93. The summed E-state index contributed by atoms with van der Waals surface area (Å²) in [7, 11) is 0. The lowest BCUT2D eigenvalue weighted by molar-refractivity contribution is 1.47. The molecule has 0 amide bonds. The van der Waals surface area contributed by atoms with Gasteiger partial charge in [0.25, 0.3) is 0 Å². The Balaban J connectivity index is 1.03. The van der Waals surface area contributed by atoms with Gasteiger partial charge in [0.15, 0.2) is 0 Å². The van der Waals surface area contributed by atoms with Gasteiger partial charge in [0.05, 0.1) is 23.3 Å². The molecule has 8 aromatic rings. The van der Waals surface area contributed by atoms with Crippen molar-refractivity contribution in [3.05, 3.63) is 205 Å². The molecule has 0 saturated heterocycles. The Bertz CT molecular complexity index is 2610. The fraction of sp³-hybridized carbons (Fsp3) is 0. The van der Waals surface area contributed by atoms with Crippen molar-refractivity contribution in [2.45, 2.75) is 0 Å². The molecule has 0 N–H and O–H groups in total. The first-order chi connectivity index (χ1) is 25.6. The maximum atomic E-state index is 9.90. The van der Waals surface area contributed by atoms with Crippen molar-refractivity contribution in [2.75, 3.05) is 0 Å². The third kappa shape index (κ3) is 6.66. The number of nitrogens with zero attached hydrogens (tertiary/aromatic N) is 2. The highest BCUT2D eigenvalue weighted by atomic mass is 14.3. The summed E-state index contributed by atoms with van der Waals surface area (Å²) < 4.78 is 0. The third-order valence-corrected chi connectivity index (χ3v) is 9.56. The summed E-state index contributed by atoms with van der Waals surface area (Å²) in [5.41, 5.74) is 16.5. The van der Waals surface area contributed by atoms with E-state index in [2.05, 4.69) is 133 Å². The maximum absolute atomic E-state index is 9.90. The van der Waals surface area contributed by atoms with Crippen molar-refractivity contribution in [3.8, 4) is 90.0 Å². The van der Waals surface area contributed by atoms with E-state index in [0.717, 1.165) is 77.9 Å². The molecule has 52 heavy (non-hydrogen) atoms. The number of hydrogen-bond donors (Lipinski definition) is 0. The topological polar surface area (TPSA) is 47.6 Å². The minimum absolute atomic E-state index is 0.648. The van der Waals surface area contributed by atoms with E-state index in [4.69, 9.17) is 0 Å². The number of hydrogen-bond acceptors (Lipinski definition) is 2. The molecular weight excluding hydrogens is 629 g/mol. The van der Waals surface area contributed by atoms with Gasteiger partial charge < -0.3 is 0 Å². The first kappa shape index (κ1) is 32.0. The second-order valence-corrected chi connectivity index (χ2v) is 12.8. The highest BCUT2D eigenvalue weighted by Gasteiger charge is 2.10. The molecule has 0 aromatic heterocycles. The number of benzene rings is 8. The van der Waals surface area contributed by atoms with Gasteiger partial charge in [-0.3, -0.25) is 0 Å². The van der Waals surface area contributed by atoms with Crippen molar-refractivity contribution < 1.29 is 0 Å². The Morgan fingerprint density at radius 2 is 0.596 bits per heavy atom. The monoisotopic (exact) mass is 660 g/mol. The van der Waals surface area contributed by atoms with E-state index in [-0.39, 0.29) is 0 Å². The smallest absolute Gasteiger partial charge is 0.0998 e. The summed E-state index contributed by atoms with van der Waals surface area (Å²) in [6, 6.07) is 71.6. The molecule has 0 aliphatic heterocycles. The Morgan fingerprint density at radius 1 is 0.250 bits per heavy atom. The van der Waals surface area contributed by atoms with E-state index in [1.165, 1.54) is 0 Å². The summed E-state index contributed by atoms with van der Waals surface area (Å²) in [4.78, 5) is 0. The molecule has 242 valence electrons. The SMILES string of the molecule is N#Cc1cc(-c2ccccc2)cc(-c2ccc(-c3cccc(-c4cccc(-c5ccc(-c6ccc(-c7ccccc7)c(C#N)c6)cc5)c4)c3)cc2)c1. The molecule has 0 radical (unpaired) electrons. The molecule has 0 aliphatic carbocycles. The zero-order valence-corrected chi connectivity index (χ0v) is 28.4. The van der Waals surface area contributed by atoms with Gasteiger partial charge >= 0.3 is 0 Å². The molecule has 0 bridgehead atoms. The summed E-state index contributed by atoms with van der Waals surface area (Å²) >= 11 is 0. The molecule has 0 heterocycles. The summed E-state index contributed by atoms with van der Waals surface area (Å²) in [6.07, 6.45) is 0. The minimum Gasteiger partial charge on any atom is -0.192 e. The molecule has 8 aromatic carbocycles. The van der Waals surface area contributed by atoms with Gasteiger partial charge in [-0.2, -0.15) is 10.5 Å². The lowest BCUT2D eigenvalue weighted by Gasteiger charge is -2.11. The van der Waals surface area contributed by atoms with Crippen LogP contribution in [0.15, 0.2) is 194 Å². The van der Waals surface area contributed by atoms with Crippen LogP contribution in [-0.4, -0.2) is 0 Å². The van der Waals surface area contributed by atoms with E-state index in [0.29, 0.717) is 11.1 Å². The van der Waals surface area contributed by atoms with Crippen LogP contribution in [0.4, 0.5) is 0 Å². The van der Waals surface area contributed by atoms with Crippen LogP contribution in [-0.2, 0) is 0 Å².